The largest absolute Gasteiger partial charge is 0.479 e. The summed E-state index contributed by atoms with van der Waals surface area (Å²) in [5, 5.41) is 15.7. The van der Waals surface area contributed by atoms with Gasteiger partial charge >= 0.3 is 12.6 Å². The highest BCUT2D eigenvalue weighted by atomic mass is 19.3. The second-order valence-corrected chi connectivity index (χ2v) is 5.79. The van der Waals surface area contributed by atoms with Crippen LogP contribution in [0.5, 0.6) is 5.75 Å². The summed E-state index contributed by atoms with van der Waals surface area (Å²) in [5.41, 5.74) is -0.280. The van der Waals surface area contributed by atoms with Gasteiger partial charge in [-0.1, -0.05) is 12.1 Å². The number of ether oxygens (including phenoxy) is 1. The molecule has 0 aliphatic carbocycles. The Kier molecular flexibility index (Phi) is 5.35. The third kappa shape index (κ3) is 4.75. The Hall–Kier alpha value is -2.97. The number of amides is 1. The molecule has 9 heteroatoms. The lowest BCUT2D eigenvalue weighted by molar-refractivity contribution is -0.146. The van der Waals surface area contributed by atoms with Gasteiger partial charge in [0.15, 0.2) is 5.54 Å². The van der Waals surface area contributed by atoms with E-state index < -0.39 is 18.1 Å². The van der Waals surface area contributed by atoms with Gasteiger partial charge in [-0.05, 0) is 31.5 Å². The molecule has 1 amide bonds. The third-order valence-corrected chi connectivity index (χ3v) is 3.48. The van der Waals surface area contributed by atoms with Crippen molar-refractivity contribution in [1.29, 1.82) is 0 Å². The number of carboxylic acids is 1. The monoisotopic (exact) mass is 353 g/mol. The van der Waals surface area contributed by atoms with Crippen LogP contribution < -0.4 is 10.1 Å². The zero-order valence-electron chi connectivity index (χ0n) is 13.6. The molecule has 0 radical (unpaired) electrons. The minimum atomic E-state index is -2.90. The molecule has 0 aliphatic rings. The highest BCUT2D eigenvalue weighted by Crippen LogP contribution is 2.18. The first-order valence-electron chi connectivity index (χ1n) is 7.30. The Morgan fingerprint density at radius 1 is 1.32 bits per heavy atom. The molecule has 1 aromatic heterocycles. The molecule has 0 fully saturated rings. The number of benzene rings is 1. The molecule has 134 valence electrons. The third-order valence-electron chi connectivity index (χ3n) is 3.48. The molecule has 0 saturated carbocycles. The summed E-state index contributed by atoms with van der Waals surface area (Å²) in [6, 6.07) is 5.72. The van der Waals surface area contributed by atoms with Crippen molar-refractivity contribution >= 4 is 17.6 Å². The summed E-state index contributed by atoms with van der Waals surface area (Å²) in [6.45, 7) is 0.0641. The second kappa shape index (κ2) is 7.29. The number of carbonyl (C=O) groups is 2. The standard InChI is InChI=1S/C16H17F2N3O4/c1-16(2,14(23)24)21-9-11(8-19-21)20-13(22)7-10-3-5-12(6-4-10)25-15(17)18/h3-6,8-9,15H,7H2,1-2H3,(H,20,22)(H,23,24). The van der Waals surface area contributed by atoms with Crippen molar-refractivity contribution in [3.8, 4) is 5.75 Å². The molecule has 1 heterocycles. The lowest BCUT2D eigenvalue weighted by atomic mass is 10.1. The molecule has 0 unspecified atom stereocenters. The number of anilines is 1. The first kappa shape index (κ1) is 18.4. The Labute approximate surface area is 142 Å². The molecule has 2 N–H and O–H groups in total. The lowest BCUT2D eigenvalue weighted by Crippen LogP contribution is -2.35. The molecular weight excluding hydrogens is 336 g/mol. The maximum absolute atomic E-state index is 12.1. The zero-order chi connectivity index (χ0) is 18.6. The molecular formula is C16H17F2N3O4. The van der Waals surface area contributed by atoms with Crippen LogP contribution in [0.25, 0.3) is 0 Å². The van der Waals surface area contributed by atoms with Gasteiger partial charge in [-0.25, -0.2) is 4.79 Å². The van der Waals surface area contributed by atoms with Gasteiger partial charge in [0.1, 0.15) is 5.75 Å². The molecule has 7 nitrogen and oxygen atoms in total. The second-order valence-electron chi connectivity index (χ2n) is 5.79. The summed E-state index contributed by atoms with van der Waals surface area (Å²) in [7, 11) is 0. The number of carboxylic acid groups (broad SMARTS) is 1. The highest BCUT2D eigenvalue weighted by molar-refractivity contribution is 5.92. The van der Waals surface area contributed by atoms with Crippen LogP contribution in [0.3, 0.4) is 0 Å². The molecule has 0 spiro atoms. The van der Waals surface area contributed by atoms with Crippen LogP contribution in [0.15, 0.2) is 36.7 Å². The van der Waals surface area contributed by atoms with Crippen LogP contribution >= 0.6 is 0 Å². The van der Waals surface area contributed by atoms with Crippen LogP contribution in [-0.2, 0) is 21.5 Å². The Balaban J connectivity index is 1.97. The van der Waals surface area contributed by atoms with Crippen molar-refractivity contribution in [3.05, 3.63) is 42.2 Å². The van der Waals surface area contributed by atoms with E-state index in [1.165, 1.54) is 55.2 Å². The maximum atomic E-state index is 12.1. The van der Waals surface area contributed by atoms with Crippen LogP contribution in [0.2, 0.25) is 0 Å². The van der Waals surface area contributed by atoms with E-state index in [0.717, 1.165) is 0 Å². The van der Waals surface area contributed by atoms with E-state index in [-0.39, 0.29) is 18.1 Å². The summed E-state index contributed by atoms with van der Waals surface area (Å²) >= 11 is 0. The van der Waals surface area contributed by atoms with E-state index in [9.17, 15) is 18.4 Å². The number of hydrogen-bond acceptors (Lipinski definition) is 4. The number of aromatic nitrogens is 2. The van der Waals surface area contributed by atoms with Gasteiger partial charge in [0, 0.05) is 6.20 Å². The van der Waals surface area contributed by atoms with Crippen LogP contribution in [0, 0.1) is 0 Å². The normalized spacial score (nSPS) is 11.4. The highest BCUT2D eigenvalue weighted by Gasteiger charge is 2.30. The number of nitrogens with one attached hydrogen (secondary N) is 1. The molecule has 2 aromatic rings. The first-order valence-corrected chi connectivity index (χ1v) is 7.30. The minimum Gasteiger partial charge on any atom is -0.479 e. The number of alkyl halides is 2. The molecule has 0 saturated heterocycles. The first-order chi connectivity index (χ1) is 11.7. The van der Waals surface area contributed by atoms with Crippen LogP contribution in [-0.4, -0.2) is 33.4 Å². The fourth-order valence-electron chi connectivity index (χ4n) is 1.97. The SMILES string of the molecule is CC(C)(C(=O)O)n1cc(NC(=O)Cc2ccc(OC(F)F)cc2)cn1. The molecule has 25 heavy (non-hydrogen) atoms. The number of aliphatic carboxylic acids is 1. The molecule has 2 rings (SSSR count). The fraction of sp³-hybridized carbons (Fsp3) is 0.312. The minimum absolute atomic E-state index is 0.0105. The zero-order valence-corrected chi connectivity index (χ0v) is 13.6. The van der Waals surface area contributed by atoms with E-state index in [4.69, 9.17) is 5.11 Å². The average molecular weight is 353 g/mol. The van der Waals surface area contributed by atoms with E-state index >= 15 is 0 Å². The Bertz CT molecular complexity index is 757. The van der Waals surface area contributed by atoms with E-state index in [0.29, 0.717) is 11.3 Å². The number of rotatable bonds is 7. The summed E-state index contributed by atoms with van der Waals surface area (Å²) in [5.74, 6) is -1.40. The van der Waals surface area contributed by atoms with Crippen molar-refractivity contribution in [2.75, 3.05) is 5.32 Å². The smallest absolute Gasteiger partial charge is 0.387 e. The Morgan fingerprint density at radius 2 is 1.96 bits per heavy atom. The molecule has 0 atom stereocenters. The lowest BCUT2D eigenvalue weighted by Gasteiger charge is -2.19. The summed E-state index contributed by atoms with van der Waals surface area (Å²) < 4.78 is 29.6. The number of halogens is 2. The topological polar surface area (TPSA) is 93.5 Å². The Morgan fingerprint density at radius 3 is 2.52 bits per heavy atom. The fourth-order valence-corrected chi connectivity index (χ4v) is 1.97. The van der Waals surface area contributed by atoms with Gasteiger partial charge in [-0.15, -0.1) is 0 Å². The van der Waals surface area contributed by atoms with Crippen LogP contribution in [0.1, 0.15) is 19.4 Å². The van der Waals surface area contributed by atoms with Gasteiger partial charge in [0.05, 0.1) is 18.3 Å². The maximum Gasteiger partial charge on any atom is 0.387 e. The number of carbonyl (C=O) groups excluding carboxylic acids is 1. The van der Waals surface area contributed by atoms with E-state index in [2.05, 4.69) is 15.2 Å². The van der Waals surface area contributed by atoms with E-state index in [1.807, 2.05) is 0 Å². The van der Waals surface area contributed by atoms with Crippen molar-refractivity contribution in [2.24, 2.45) is 0 Å². The molecule has 0 aliphatic heterocycles. The van der Waals surface area contributed by atoms with Gasteiger partial charge < -0.3 is 15.2 Å². The predicted molar refractivity (Wildman–Crippen MR) is 84.6 cm³/mol. The number of hydrogen-bond donors (Lipinski definition) is 2. The van der Waals surface area contributed by atoms with Gasteiger partial charge in [0.2, 0.25) is 5.91 Å². The number of nitrogens with zero attached hydrogens (tertiary/aromatic N) is 2. The molecule has 0 bridgehead atoms. The summed E-state index contributed by atoms with van der Waals surface area (Å²) in [6.07, 6.45) is 2.79. The van der Waals surface area contributed by atoms with Crippen molar-refractivity contribution in [1.82, 2.24) is 9.78 Å². The molecule has 1 aromatic carbocycles. The van der Waals surface area contributed by atoms with Gasteiger partial charge in [-0.3, -0.25) is 9.48 Å². The van der Waals surface area contributed by atoms with Crippen molar-refractivity contribution in [2.45, 2.75) is 32.4 Å². The summed E-state index contributed by atoms with van der Waals surface area (Å²) in [4.78, 5) is 23.2. The van der Waals surface area contributed by atoms with E-state index in [1.54, 1.807) is 0 Å². The predicted octanol–water partition coefficient (Wildman–Crippen LogP) is 2.49. The average Bonchev–Trinajstić information content (AvgIpc) is 2.97. The van der Waals surface area contributed by atoms with Crippen LogP contribution in [0.4, 0.5) is 14.5 Å². The van der Waals surface area contributed by atoms with Gasteiger partial charge in [0.25, 0.3) is 0 Å². The van der Waals surface area contributed by atoms with Crippen molar-refractivity contribution in [3.63, 3.8) is 0 Å². The van der Waals surface area contributed by atoms with Crippen molar-refractivity contribution < 1.29 is 28.2 Å². The van der Waals surface area contributed by atoms with Gasteiger partial charge in [-0.2, -0.15) is 13.9 Å². The quantitative estimate of drug-likeness (QED) is 0.798.